The number of carbonyl (C=O) groups is 2. The summed E-state index contributed by atoms with van der Waals surface area (Å²) < 4.78 is 0. The van der Waals surface area contributed by atoms with E-state index < -0.39 is 0 Å². The van der Waals surface area contributed by atoms with Crippen molar-refractivity contribution >= 4 is 11.6 Å². The lowest BCUT2D eigenvalue weighted by atomic mass is 9.65. The van der Waals surface area contributed by atoms with Crippen LogP contribution in [-0.4, -0.2) is 11.6 Å². The highest BCUT2D eigenvalue weighted by Crippen LogP contribution is 2.45. The lowest BCUT2D eigenvalue weighted by molar-refractivity contribution is -0.127. The minimum absolute atomic E-state index is 0.00911. The first-order chi connectivity index (χ1) is 10.7. The van der Waals surface area contributed by atoms with E-state index in [1.807, 2.05) is 60.7 Å². The summed E-state index contributed by atoms with van der Waals surface area (Å²) in [4.78, 5) is 24.6. The van der Waals surface area contributed by atoms with Gasteiger partial charge in [0.25, 0.3) is 0 Å². The van der Waals surface area contributed by atoms with Crippen LogP contribution in [0.25, 0.3) is 0 Å². The molecule has 1 fully saturated rings. The van der Waals surface area contributed by atoms with E-state index in [4.69, 9.17) is 0 Å². The van der Waals surface area contributed by atoms with E-state index in [9.17, 15) is 9.59 Å². The second-order valence-corrected chi connectivity index (χ2v) is 6.12. The average Bonchev–Trinajstić information content (AvgIpc) is 2.55. The molecular weight excluding hydrogens is 272 g/mol. The fourth-order valence-electron chi connectivity index (χ4n) is 3.73. The van der Waals surface area contributed by atoms with Crippen molar-refractivity contribution in [1.82, 2.24) is 0 Å². The van der Waals surface area contributed by atoms with E-state index in [1.165, 1.54) is 0 Å². The molecule has 3 atom stereocenters. The van der Waals surface area contributed by atoms with Crippen LogP contribution in [0.1, 0.15) is 42.7 Å². The highest BCUT2D eigenvalue weighted by atomic mass is 16.1. The summed E-state index contributed by atoms with van der Waals surface area (Å²) in [5.41, 5.74) is 2.19. The van der Waals surface area contributed by atoms with Crippen LogP contribution in [0.2, 0.25) is 0 Å². The van der Waals surface area contributed by atoms with Crippen LogP contribution in [0.4, 0.5) is 0 Å². The topological polar surface area (TPSA) is 34.1 Å². The molecule has 2 aromatic rings. The third kappa shape index (κ3) is 2.87. The summed E-state index contributed by atoms with van der Waals surface area (Å²) in [7, 11) is 0. The van der Waals surface area contributed by atoms with Crippen LogP contribution >= 0.6 is 0 Å². The zero-order valence-electron chi connectivity index (χ0n) is 12.7. The first-order valence-electron chi connectivity index (χ1n) is 7.79. The summed E-state index contributed by atoms with van der Waals surface area (Å²) in [6, 6.07) is 19.9. The molecule has 1 saturated carbocycles. The van der Waals surface area contributed by atoms with Gasteiger partial charge in [0.05, 0.1) is 0 Å². The van der Waals surface area contributed by atoms with Gasteiger partial charge in [-0.3, -0.25) is 9.59 Å². The molecule has 0 aliphatic heterocycles. The van der Waals surface area contributed by atoms with Crippen LogP contribution in [0, 0.1) is 5.92 Å². The molecule has 1 aliphatic carbocycles. The predicted molar refractivity (Wildman–Crippen MR) is 86.8 cm³/mol. The van der Waals surface area contributed by atoms with Crippen molar-refractivity contribution in [3.8, 4) is 0 Å². The molecule has 3 rings (SSSR count). The van der Waals surface area contributed by atoms with Gasteiger partial charge in [0.1, 0.15) is 11.6 Å². The fraction of sp³-hybridized carbons (Fsp3) is 0.300. The van der Waals surface area contributed by atoms with Gasteiger partial charge in [-0.2, -0.15) is 0 Å². The molecule has 22 heavy (non-hydrogen) atoms. The van der Waals surface area contributed by atoms with E-state index in [2.05, 4.69) is 0 Å². The molecular formula is C20H20O2. The number of rotatable bonds is 3. The van der Waals surface area contributed by atoms with E-state index >= 15 is 0 Å². The first kappa shape index (κ1) is 14.7. The molecule has 2 nitrogen and oxygen atoms in total. The van der Waals surface area contributed by atoms with Crippen LogP contribution in [0.3, 0.4) is 0 Å². The Morgan fingerprint density at radius 1 is 0.818 bits per heavy atom. The lowest BCUT2D eigenvalue weighted by Gasteiger charge is -2.36. The van der Waals surface area contributed by atoms with Gasteiger partial charge in [0.15, 0.2) is 0 Å². The van der Waals surface area contributed by atoms with E-state index in [-0.39, 0.29) is 29.3 Å². The Bertz CT molecular complexity index is 609. The minimum Gasteiger partial charge on any atom is -0.300 e. The standard InChI is InChI=1S/C20H20O2/c1-14(21)20-18(15-8-4-2-5-9-15)12-17(22)13-19(20)16-10-6-3-7-11-16/h2-11,18-20H,12-13H2,1H3/t18-,19+,20?. The van der Waals surface area contributed by atoms with Gasteiger partial charge in [-0.1, -0.05) is 60.7 Å². The van der Waals surface area contributed by atoms with E-state index in [0.29, 0.717) is 12.8 Å². The Morgan fingerprint density at radius 2 is 1.23 bits per heavy atom. The smallest absolute Gasteiger partial charge is 0.134 e. The zero-order chi connectivity index (χ0) is 15.5. The van der Waals surface area contributed by atoms with Gasteiger partial charge in [-0.05, 0) is 18.1 Å². The third-order valence-corrected chi connectivity index (χ3v) is 4.69. The fourth-order valence-corrected chi connectivity index (χ4v) is 3.73. The maximum atomic E-state index is 12.4. The molecule has 0 aromatic heterocycles. The molecule has 0 heterocycles. The summed E-state index contributed by atoms with van der Waals surface area (Å²) >= 11 is 0. The van der Waals surface area contributed by atoms with Gasteiger partial charge < -0.3 is 0 Å². The van der Waals surface area contributed by atoms with Gasteiger partial charge >= 0.3 is 0 Å². The van der Waals surface area contributed by atoms with Crippen molar-refractivity contribution in [2.45, 2.75) is 31.6 Å². The number of Topliss-reactive ketones (excluding diaryl/α,β-unsaturated/α-hetero) is 2. The van der Waals surface area contributed by atoms with Crippen LogP contribution in [0.5, 0.6) is 0 Å². The molecule has 0 amide bonds. The van der Waals surface area contributed by atoms with Crippen molar-refractivity contribution in [1.29, 1.82) is 0 Å². The summed E-state index contributed by atoms with van der Waals surface area (Å²) in [6.07, 6.45) is 0.940. The number of hydrogen-bond acceptors (Lipinski definition) is 2. The molecule has 2 aromatic carbocycles. The zero-order valence-corrected chi connectivity index (χ0v) is 12.7. The van der Waals surface area contributed by atoms with Crippen molar-refractivity contribution in [3.63, 3.8) is 0 Å². The summed E-state index contributed by atoms with van der Waals surface area (Å²) in [6.45, 7) is 1.66. The van der Waals surface area contributed by atoms with Crippen molar-refractivity contribution in [3.05, 3.63) is 71.8 Å². The predicted octanol–water partition coefficient (Wildman–Crippen LogP) is 4.12. The maximum Gasteiger partial charge on any atom is 0.134 e. The summed E-state index contributed by atoms with van der Waals surface area (Å²) in [5, 5.41) is 0. The second kappa shape index (κ2) is 6.27. The molecule has 1 aliphatic rings. The van der Waals surface area contributed by atoms with Crippen molar-refractivity contribution in [2.24, 2.45) is 5.92 Å². The Labute approximate surface area is 131 Å². The minimum atomic E-state index is -0.123. The molecule has 0 N–H and O–H groups in total. The normalized spacial score (nSPS) is 25.0. The number of benzene rings is 2. The Balaban J connectivity index is 2.03. The van der Waals surface area contributed by atoms with Crippen LogP contribution < -0.4 is 0 Å². The Hall–Kier alpha value is -2.22. The number of ketones is 2. The highest BCUT2D eigenvalue weighted by Gasteiger charge is 2.41. The van der Waals surface area contributed by atoms with Gasteiger partial charge in [-0.15, -0.1) is 0 Å². The van der Waals surface area contributed by atoms with Crippen LogP contribution in [0.15, 0.2) is 60.7 Å². The first-order valence-corrected chi connectivity index (χ1v) is 7.79. The molecule has 0 spiro atoms. The SMILES string of the molecule is CC(=O)C1[C@@H](c2ccccc2)CC(=O)C[C@H]1c1ccccc1. The molecule has 2 heteroatoms. The van der Waals surface area contributed by atoms with Crippen molar-refractivity contribution in [2.75, 3.05) is 0 Å². The molecule has 1 unspecified atom stereocenters. The van der Waals surface area contributed by atoms with Gasteiger partial charge in [-0.25, -0.2) is 0 Å². The van der Waals surface area contributed by atoms with Crippen molar-refractivity contribution < 1.29 is 9.59 Å². The number of carbonyl (C=O) groups excluding carboxylic acids is 2. The summed E-state index contributed by atoms with van der Waals surface area (Å²) in [5.74, 6) is 0.285. The molecule has 0 bridgehead atoms. The number of hydrogen-bond donors (Lipinski definition) is 0. The second-order valence-electron chi connectivity index (χ2n) is 6.12. The lowest BCUT2D eigenvalue weighted by Crippen LogP contribution is -2.34. The average molecular weight is 292 g/mol. The van der Waals surface area contributed by atoms with E-state index in [1.54, 1.807) is 6.92 Å². The Morgan fingerprint density at radius 3 is 1.59 bits per heavy atom. The third-order valence-electron chi connectivity index (χ3n) is 4.69. The Kier molecular flexibility index (Phi) is 4.19. The molecule has 0 radical (unpaired) electrons. The largest absolute Gasteiger partial charge is 0.300 e. The quantitative estimate of drug-likeness (QED) is 0.852. The molecule has 0 saturated heterocycles. The van der Waals surface area contributed by atoms with Gasteiger partial charge in [0.2, 0.25) is 0 Å². The van der Waals surface area contributed by atoms with E-state index in [0.717, 1.165) is 11.1 Å². The molecule has 112 valence electrons. The van der Waals surface area contributed by atoms with Gasteiger partial charge in [0, 0.05) is 30.6 Å². The van der Waals surface area contributed by atoms with Crippen LogP contribution in [-0.2, 0) is 9.59 Å². The highest BCUT2D eigenvalue weighted by molar-refractivity contribution is 5.88. The monoisotopic (exact) mass is 292 g/mol. The maximum absolute atomic E-state index is 12.4.